The maximum Gasteiger partial charge on any atom is 0.411 e. The molecule has 1 saturated heterocycles. The highest BCUT2D eigenvalue weighted by atomic mass is 16.6. The summed E-state index contributed by atoms with van der Waals surface area (Å²) in [6.45, 7) is 4.86. The molecule has 3 heterocycles. The van der Waals surface area contributed by atoms with Crippen LogP contribution in [0.1, 0.15) is 44.6 Å². The number of esters is 1. The Morgan fingerprint density at radius 1 is 1.19 bits per heavy atom. The van der Waals surface area contributed by atoms with Crippen LogP contribution in [-0.2, 0) is 32.2 Å². The number of ether oxygens (including phenoxy) is 2. The largest absolute Gasteiger partial charge is 0.481 e. The van der Waals surface area contributed by atoms with Crippen LogP contribution < -0.4 is 0 Å². The monoisotopic (exact) mass is 496 g/mol. The topological polar surface area (TPSA) is 137 Å². The summed E-state index contributed by atoms with van der Waals surface area (Å²) in [7, 11) is 0. The van der Waals surface area contributed by atoms with Crippen molar-refractivity contribution in [3.8, 4) is 0 Å². The molecule has 1 aromatic carbocycles. The number of aromatic nitrogens is 3. The molecule has 1 N–H and O–H groups in total. The first-order valence-electron chi connectivity index (χ1n) is 11.4. The number of hydrogen-bond donors (Lipinski definition) is 1. The van der Waals surface area contributed by atoms with E-state index in [0.29, 0.717) is 0 Å². The smallest absolute Gasteiger partial charge is 0.411 e. The van der Waals surface area contributed by atoms with E-state index >= 15 is 0 Å². The summed E-state index contributed by atoms with van der Waals surface area (Å²) in [5.41, 5.74) is -1.93. The standard InChI is InChI=1S/C25H28N4O7/c1-24(2,3)36-22(32)25(15-28-11-7-10-27-28)12-18(21(30)31)20(19-13-26-16-35-19)29(25)23(33)34-14-17-8-5-4-6-9-17/h4-11,13,16,18,20H,12,14-15H2,1-3H3,(H,30,31)/t18-,20-,25+/m0/s1. The third kappa shape index (κ3) is 5.09. The Labute approximate surface area is 207 Å². The molecule has 11 heteroatoms. The number of carbonyl (C=O) groups excluding carboxylic acids is 2. The molecule has 1 fully saturated rings. The predicted octanol–water partition coefficient (Wildman–Crippen LogP) is 3.44. The van der Waals surface area contributed by atoms with Crippen molar-refractivity contribution >= 4 is 18.0 Å². The Hall–Kier alpha value is -4.15. The normalized spacial score (nSPS) is 21.8. The zero-order valence-corrected chi connectivity index (χ0v) is 20.2. The Morgan fingerprint density at radius 2 is 1.94 bits per heavy atom. The number of nitrogens with zero attached hydrogens (tertiary/aromatic N) is 4. The van der Waals surface area contributed by atoms with Gasteiger partial charge < -0.3 is 19.0 Å². The summed E-state index contributed by atoms with van der Waals surface area (Å²) < 4.78 is 18.3. The molecule has 1 amide bonds. The van der Waals surface area contributed by atoms with Gasteiger partial charge in [0, 0.05) is 12.4 Å². The van der Waals surface area contributed by atoms with E-state index in [9.17, 15) is 19.5 Å². The number of carboxylic acids is 1. The van der Waals surface area contributed by atoms with Gasteiger partial charge in [-0.15, -0.1) is 0 Å². The Balaban J connectivity index is 1.82. The number of likely N-dealkylation sites (tertiary alicyclic amines) is 1. The van der Waals surface area contributed by atoms with Crippen molar-refractivity contribution in [2.75, 3.05) is 0 Å². The molecule has 1 aliphatic heterocycles. The molecule has 0 spiro atoms. The van der Waals surface area contributed by atoms with Gasteiger partial charge in [0.15, 0.2) is 11.9 Å². The van der Waals surface area contributed by atoms with E-state index in [0.717, 1.165) is 16.9 Å². The van der Waals surface area contributed by atoms with E-state index in [1.807, 2.05) is 6.07 Å². The van der Waals surface area contributed by atoms with E-state index in [4.69, 9.17) is 13.9 Å². The summed E-state index contributed by atoms with van der Waals surface area (Å²) >= 11 is 0. The zero-order chi connectivity index (χ0) is 25.9. The first kappa shape index (κ1) is 25.0. The Morgan fingerprint density at radius 3 is 2.53 bits per heavy atom. The number of carbonyl (C=O) groups is 3. The number of oxazole rings is 1. The van der Waals surface area contributed by atoms with Gasteiger partial charge in [-0.25, -0.2) is 14.6 Å². The molecular formula is C25H28N4O7. The summed E-state index contributed by atoms with van der Waals surface area (Å²) in [5.74, 6) is -3.06. The number of carboxylic acid groups (broad SMARTS) is 1. The highest BCUT2D eigenvalue weighted by Crippen LogP contribution is 2.49. The molecule has 1 aliphatic rings. The lowest BCUT2D eigenvalue weighted by molar-refractivity contribution is -0.169. The van der Waals surface area contributed by atoms with Crippen LogP contribution in [0.3, 0.4) is 0 Å². The van der Waals surface area contributed by atoms with Crippen molar-refractivity contribution in [3.05, 3.63) is 72.7 Å². The third-order valence-corrected chi connectivity index (χ3v) is 5.90. The van der Waals surface area contributed by atoms with Gasteiger partial charge in [0.05, 0.1) is 18.7 Å². The van der Waals surface area contributed by atoms with E-state index in [1.54, 1.807) is 57.3 Å². The van der Waals surface area contributed by atoms with Crippen molar-refractivity contribution in [3.63, 3.8) is 0 Å². The molecule has 36 heavy (non-hydrogen) atoms. The lowest BCUT2D eigenvalue weighted by Gasteiger charge is -2.39. The van der Waals surface area contributed by atoms with Crippen LogP contribution in [0.2, 0.25) is 0 Å². The molecule has 3 atom stereocenters. The Bertz CT molecular complexity index is 1190. The second-order valence-electron chi connectivity index (χ2n) is 9.64. The van der Waals surface area contributed by atoms with Gasteiger partial charge in [-0.05, 0) is 38.8 Å². The van der Waals surface area contributed by atoms with Crippen LogP contribution >= 0.6 is 0 Å². The van der Waals surface area contributed by atoms with Gasteiger partial charge in [-0.1, -0.05) is 30.3 Å². The average molecular weight is 497 g/mol. The number of aliphatic carboxylic acids is 1. The second-order valence-corrected chi connectivity index (χ2v) is 9.64. The molecule has 11 nitrogen and oxygen atoms in total. The molecule has 0 saturated carbocycles. The average Bonchev–Trinajstić information content (AvgIpc) is 3.58. The van der Waals surface area contributed by atoms with Gasteiger partial charge in [0.2, 0.25) is 0 Å². The van der Waals surface area contributed by atoms with Crippen molar-refractivity contribution < 1.29 is 33.4 Å². The molecule has 190 valence electrons. The summed E-state index contributed by atoms with van der Waals surface area (Å²) in [5, 5.41) is 14.3. The number of rotatable bonds is 7. The molecule has 0 aliphatic carbocycles. The minimum atomic E-state index is -1.76. The number of amides is 1. The minimum Gasteiger partial charge on any atom is -0.481 e. The SMILES string of the molecule is CC(C)(C)OC(=O)[C@]1(Cn2cccn2)C[C@H](C(=O)O)[C@@H](c2cnco2)N1C(=O)OCc1ccccc1. The molecule has 3 aromatic rings. The second kappa shape index (κ2) is 9.84. The fraction of sp³-hybridized carbons (Fsp3) is 0.400. The zero-order valence-electron chi connectivity index (χ0n) is 20.2. The molecule has 2 aromatic heterocycles. The van der Waals surface area contributed by atoms with Gasteiger partial charge in [-0.2, -0.15) is 5.10 Å². The number of benzene rings is 1. The molecule has 0 bridgehead atoms. The predicted molar refractivity (Wildman–Crippen MR) is 124 cm³/mol. The maximum atomic E-state index is 13.8. The van der Waals surface area contributed by atoms with Crippen LogP contribution in [0.15, 0.2) is 65.8 Å². The van der Waals surface area contributed by atoms with E-state index in [1.165, 1.54) is 17.1 Å². The van der Waals surface area contributed by atoms with Crippen LogP contribution in [0.25, 0.3) is 0 Å². The van der Waals surface area contributed by atoms with Crippen molar-refractivity contribution in [2.24, 2.45) is 5.92 Å². The first-order valence-corrected chi connectivity index (χ1v) is 11.4. The van der Waals surface area contributed by atoms with E-state index in [-0.39, 0.29) is 25.3 Å². The van der Waals surface area contributed by atoms with Crippen LogP contribution in [0.4, 0.5) is 4.79 Å². The van der Waals surface area contributed by atoms with Gasteiger partial charge >= 0.3 is 18.0 Å². The quantitative estimate of drug-likeness (QED) is 0.488. The first-order chi connectivity index (χ1) is 17.1. The van der Waals surface area contributed by atoms with Gasteiger partial charge in [0.1, 0.15) is 24.0 Å². The van der Waals surface area contributed by atoms with Crippen molar-refractivity contribution in [1.82, 2.24) is 19.7 Å². The fourth-order valence-corrected chi connectivity index (χ4v) is 4.44. The highest BCUT2D eigenvalue weighted by Gasteiger charge is 2.64. The lowest BCUT2D eigenvalue weighted by Crippen LogP contribution is -2.58. The fourth-order valence-electron chi connectivity index (χ4n) is 4.44. The minimum absolute atomic E-state index is 0.0802. The summed E-state index contributed by atoms with van der Waals surface area (Å²) in [6, 6.07) is 9.51. The van der Waals surface area contributed by atoms with Gasteiger partial charge in [-0.3, -0.25) is 14.4 Å². The van der Waals surface area contributed by atoms with Gasteiger partial charge in [0.25, 0.3) is 0 Å². The van der Waals surface area contributed by atoms with Crippen molar-refractivity contribution in [1.29, 1.82) is 0 Å². The Kier molecular flexibility index (Phi) is 6.82. The summed E-state index contributed by atoms with van der Waals surface area (Å²) in [4.78, 5) is 45.0. The highest BCUT2D eigenvalue weighted by molar-refractivity contribution is 5.89. The third-order valence-electron chi connectivity index (χ3n) is 5.90. The lowest BCUT2D eigenvalue weighted by atomic mass is 9.90. The number of hydrogen-bond acceptors (Lipinski definition) is 8. The van der Waals surface area contributed by atoms with Crippen LogP contribution in [0, 0.1) is 5.92 Å². The van der Waals surface area contributed by atoms with Crippen molar-refractivity contribution in [2.45, 2.75) is 57.5 Å². The molecule has 4 rings (SSSR count). The maximum absolute atomic E-state index is 13.8. The molecule has 0 unspecified atom stereocenters. The summed E-state index contributed by atoms with van der Waals surface area (Å²) in [6.07, 6.45) is 4.49. The van der Waals surface area contributed by atoms with E-state index < -0.39 is 41.1 Å². The van der Waals surface area contributed by atoms with Crippen LogP contribution in [0.5, 0.6) is 0 Å². The molecular weight excluding hydrogens is 468 g/mol. The molecule has 0 radical (unpaired) electrons. The van der Waals surface area contributed by atoms with E-state index in [2.05, 4.69) is 10.1 Å². The van der Waals surface area contributed by atoms with Crippen LogP contribution in [-0.4, -0.2) is 53.9 Å².